The minimum atomic E-state index is -4.31. The highest BCUT2D eigenvalue weighted by molar-refractivity contribution is 5.32. The van der Waals surface area contributed by atoms with Gasteiger partial charge in [0.2, 0.25) is 0 Å². The van der Waals surface area contributed by atoms with Crippen molar-refractivity contribution in [1.82, 2.24) is 19.7 Å². The molecule has 4 nitrogen and oxygen atoms in total. The van der Waals surface area contributed by atoms with Crippen LogP contribution in [0.5, 0.6) is 0 Å². The molecule has 0 aliphatic carbocycles. The van der Waals surface area contributed by atoms with Crippen LogP contribution >= 0.6 is 0 Å². The van der Waals surface area contributed by atoms with Crippen molar-refractivity contribution in [2.45, 2.75) is 51.9 Å². The smallest absolute Gasteiger partial charge is 0.290 e. The molecule has 0 spiro atoms. The Morgan fingerprint density at radius 3 is 2.45 bits per heavy atom. The van der Waals surface area contributed by atoms with E-state index < -0.39 is 11.7 Å². The number of pyridine rings is 1. The molecule has 3 aromatic rings. The summed E-state index contributed by atoms with van der Waals surface area (Å²) in [5.74, 6) is 0. The molecule has 164 valence electrons. The summed E-state index contributed by atoms with van der Waals surface area (Å²) >= 11 is 0. The third-order valence-corrected chi connectivity index (χ3v) is 5.92. The number of likely N-dealkylation sites (tertiary alicyclic amines) is 1. The first-order valence-electron chi connectivity index (χ1n) is 10.6. The van der Waals surface area contributed by atoms with Gasteiger partial charge in [0.25, 0.3) is 0 Å². The predicted octanol–water partition coefficient (Wildman–Crippen LogP) is 5.38. The molecule has 0 unspecified atom stereocenters. The van der Waals surface area contributed by atoms with Gasteiger partial charge < -0.3 is 0 Å². The van der Waals surface area contributed by atoms with Gasteiger partial charge in [-0.15, -0.1) is 0 Å². The molecule has 1 aromatic carbocycles. The Balaban J connectivity index is 1.53. The van der Waals surface area contributed by atoms with E-state index in [4.69, 9.17) is 4.98 Å². The van der Waals surface area contributed by atoms with Crippen molar-refractivity contribution in [3.05, 3.63) is 81.9 Å². The lowest BCUT2D eigenvalue weighted by Gasteiger charge is -2.24. The van der Waals surface area contributed by atoms with Crippen molar-refractivity contribution in [3.63, 3.8) is 0 Å². The van der Waals surface area contributed by atoms with Crippen LogP contribution in [-0.2, 0) is 26.2 Å². The molecule has 4 rings (SSSR count). The van der Waals surface area contributed by atoms with Crippen LogP contribution in [0.15, 0.2) is 42.6 Å². The van der Waals surface area contributed by atoms with E-state index in [-0.39, 0.29) is 6.04 Å². The van der Waals surface area contributed by atoms with Gasteiger partial charge in [0.05, 0.1) is 23.0 Å². The largest absolute Gasteiger partial charge is 0.416 e. The monoisotopic (exact) mass is 428 g/mol. The molecule has 0 N–H and O–H groups in total. The Morgan fingerprint density at radius 1 is 1.06 bits per heavy atom. The first-order chi connectivity index (χ1) is 14.7. The number of hydrogen-bond acceptors (Lipinski definition) is 3. The van der Waals surface area contributed by atoms with E-state index in [0.717, 1.165) is 66.3 Å². The van der Waals surface area contributed by atoms with Gasteiger partial charge in [0, 0.05) is 31.0 Å². The summed E-state index contributed by atoms with van der Waals surface area (Å²) in [6, 6.07) is 9.80. The summed E-state index contributed by atoms with van der Waals surface area (Å²) in [6.07, 6.45) is 0.522. The van der Waals surface area contributed by atoms with Gasteiger partial charge in [-0.2, -0.15) is 18.3 Å². The molecule has 0 radical (unpaired) electrons. The summed E-state index contributed by atoms with van der Waals surface area (Å²) in [4.78, 5) is 7.26. The van der Waals surface area contributed by atoms with Crippen molar-refractivity contribution >= 4 is 0 Å². The Kier molecular flexibility index (Phi) is 5.88. The Morgan fingerprint density at radius 2 is 1.81 bits per heavy atom. The highest BCUT2D eigenvalue weighted by atomic mass is 19.4. The molecular formula is C24H27F3N4. The molecule has 1 aliphatic heterocycles. The van der Waals surface area contributed by atoms with Crippen LogP contribution in [0.1, 0.15) is 58.2 Å². The Labute approximate surface area is 180 Å². The van der Waals surface area contributed by atoms with E-state index in [1.807, 2.05) is 31.6 Å². The second-order valence-corrected chi connectivity index (χ2v) is 8.46. The van der Waals surface area contributed by atoms with E-state index >= 15 is 0 Å². The third-order valence-electron chi connectivity index (χ3n) is 5.92. The number of rotatable bonds is 5. The molecule has 0 bridgehead atoms. The first-order valence-corrected chi connectivity index (χ1v) is 10.6. The van der Waals surface area contributed by atoms with Crippen molar-refractivity contribution in [2.24, 2.45) is 7.05 Å². The third kappa shape index (κ3) is 4.98. The zero-order valence-corrected chi connectivity index (χ0v) is 18.1. The summed E-state index contributed by atoms with van der Waals surface area (Å²) in [5, 5.41) is 4.45. The second kappa shape index (κ2) is 8.46. The maximum absolute atomic E-state index is 12.8. The fraction of sp³-hybridized carbons (Fsp3) is 0.417. The highest BCUT2D eigenvalue weighted by Crippen LogP contribution is 2.34. The first kappa shape index (κ1) is 21.6. The fourth-order valence-corrected chi connectivity index (χ4v) is 4.46. The Hall–Kier alpha value is -2.67. The summed E-state index contributed by atoms with van der Waals surface area (Å²) in [7, 11) is 1.94. The van der Waals surface area contributed by atoms with Gasteiger partial charge in [0.1, 0.15) is 0 Å². The lowest BCUT2D eigenvalue weighted by atomic mass is 10.0. The topological polar surface area (TPSA) is 34.0 Å². The summed E-state index contributed by atoms with van der Waals surface area (Å²) in [5.41, 5.74) is 5.57. The molecule has 7 heteroatoms. The number of halogens is 3. The van der Waals surface area contributed by atoms with Gasteiger partial charge in [-0.25, -0.2) is 0 Å². The zero-order chi connectivity index (χ0) is 22.2. The summed E-state index contributed by atoms with van der Waals surface area (Å²) < 4.78 is 40.3. The fourth-order valence-electron chi connectivity index (χ4n) is 4.46. The van der Waals surface area contributed by atoms with Gasteiger partial charge in [-0.3, -0.25) is 14.6 Å². The molecular weight excluding hydrogens is 401 g/mol. The predicted molar refractivity (Wildman–Crippen MR) is 114 cm³/mol. The van der Waals surface area contributed by atoms with Crippen LogP contribution < -0.4 is 0 Å². The molecule has 1 fully saturated rings. The average molecular weight is 429 g/mol. The SMILES string of the molecule is Cc1cc(Cc2ccc(C(F)(F)F)cc2)cc([C@@H]2CCCN2Cc2cn(C)nc2C)n1. The van der Waals surface area contributed by atoms with Gasteiger partial charge >= 0.3 is 6.18 Å². The van der Waals surface area contributed by atoms with Crippen LogP contribution in [0.2, 0.25) is 0 Å². The molecule has 0 amide bonds. The maximum Gasteiger partial charge on any atom is 0.416 e. The normalized spacial score (nSPS) is 17.4. The van der Waals surface area contributed by atoms with Crippen molar-refractivity contribution in [2.75, 3.05) is 6.54 Å². The van der Waals surface area contributed by atoms with Crippen molar-refractivity contribution < 1.29 is 13.2 Å². The van der Waals surface area contributed by atoms with Crippen LogP contribution in [0.4, 0.5) is 13.2 Å². The standard InChI is InChI=1S/C24H27F3N4/c1-16-11-19(12-18-6-8-21(9-7-18)24(25,26)27)13-22(28-16)23-5-4-10-31(23)15-20-14-30(3)29-17(20)2/h6-9,11,13-14,23H,4-5,10,12,15H2,1-3H3/t23-/m0/s1. The van der Waals surface area contributed by atoms with Gasteiger partial charge in [-0.05, 0) is 75.0 Å². The van der Waals surface area contributed by atoms with Gasteiger partial charge in [0.15, 0.2) is 0 Å². The summed E-state index contributed by atoms with van der Waals surface area (Å²) in [6.45, 7) is 5.87. The van der Waals surface area contributed by atoms with Crippen molar-refractivity contribution in [1.29, 1.82) is 0 Å². The molecule has 2 aromatic heterocycles. The molecule has 31 heavy (non-hydrogen) atoms. The molecule has 3 heterocycles. The number of hydrogen-bond donors (Lipinski definition) is 0. The van der Waals surface area contributed by atoms with E-state index in [1.54, 1.807) is 12.1 Å². The van der Waals surface area contributed by atoms with E-state index in [1.165, 1.54) is 5.56 Å². The van der Waals surface area contributed by atoms with Crippen LogP contribution in [0.25, 0.3) is 0 Å². The quantitative estimate of drug-likeness (QED) is 0.547. The number of benzene rings is 1. The van der Waals surface area contributed by atoms with E-state index in [2.05, 4.69) is 22.3 Å². The molecule has 0 saturated carbocycles. The highest BCUT2D eigenvalue weighted by Gasteiger charge is 2.30. The number of nitrogens with zero attached hydrogens (tertiary/aromatic N) is 4. The van der Waals surface area contributed by atoms with Crippen LogP contribution in [0.3, 0.4) is 0 Å². The zero-order valence-electron chi connectivity index (χ0n) is 18.1. The molecule has 1 saturated heterocycles. The minimum absolute atomic E-state index is 0.242. The second-order valence-electron chi connectivity index (χ2n) is 8.46. The van der Waals surface area contributed by atoms with E-state index in [9.17, 15) is 13.2 Å². The average Bonchev–Trinajstić information content (AvgIpc) is 3.27. The van der Waals surface area contributed by atoms with Crippen LogP contribution in [-0.4, -0.2) is 26.2 Å². The lowest BCUT2D eigenvalue weighted by Crippen LogP contribution is -2.24. The van der Waals surface area contributed by atoms with Crippen LogP contribution in [0, 0.1) is 13.8 Å². The van der Waals surface area contributed by atoms with Gasteiger partial charge in [-0.1, -0.05) is 12.1 Å². The molecule has 1 atom stereocenters. The Bertz CT molecular complexity index is 1050. The number of aromatic nitrogens is 3. The maximum atomic E-state index is 12.8. The van der Waals surface area contributed by atoms with E-state index in [0.29, 0.717) is 6.42 Å². The molecule has 1 aliphatic rings. The minimum Gasteiger partial charge on any atom is -0.290 e. The van der Waals surface area contributed by atoms with Crippen molar-refractivity contribution in [3.8, 4) is 0 Å². The number of aryl methyl sites for hydroxylation is 3. The lowest BCUT2D eigenvalue weighted by molar-refractivity contribution is -0.137. The number of alkyl halides is 3.